The number of nitrogens with one attached hydrogen (secondary N) is 1. The Hall–Kier alpha value is -2.11. The number of H-pyrrole nitrogens is 1. The maximum Gasteiger partial charge on any atom is 0.255 e. The zero-order valence-electron chi connectivity index (χ0n) is 9.72. The van der Waals surface area contributed by atoms with Gasteiger partial charge in [0.1, 0.15) is 0 Å². The molecule has 0 aliphatic carbocycles. The standard InChI is InChI=1S/C12H14N2O4/c15-10-2-1-9(7-13-10)11(16)14-5-3-8(4-6-14)12(17)18/h1-2,7-8H,3-6H2,(H,13,15)(H,17,18)/p-1. The van der Waals surface area contributed by atoms with E-state index in [4.69, 9.17) is 0 Å². The predicted octanol–water partition coefficient (Wildman–Crippen LogP) is -1.02. The SMILES string of the molecule is O=C([O-])C1CCN(C(=O)c2ccc(=O)[nH]c2)CC1. The molecule has 1 saturated heterocycles. The van der Waals surface area contributed by atoms with Crippen molar-refractivity contribution in [1.82, 2.24) is 9.88 Å². The van der Waals surface area contributed by atoms with Crippen LogP contribution in [0.1, 0.15) is 23.2 Å². The Morgan fingerprint density at radius 1 is 1.28 bits per heavy atom. The molecule has 1 aliphatic heterocycles. The van der Waals surface area contributed by atoms with Crippen molar-refractivity contribution in [3.05, 3.63) is 34.2 Å². The van der Waals surface area contributed by atoms with E-state index in [2.05, 4.69) is 4.98 Å². The number of pyridine rings is 1. The number of likely N-dealkylation sites (tertiary alicyclic amines) is 1. The van der Waals surface area contributed by atoms with E-state index < -0.39 is 11.9 Å². The van der Waals surface area contributed by atoms with Crippen LogP contribution in [0.2, 0.25) is 0 Å². The van der Waals surface area contributed by atoms with E-state index >= 15 is 0 Å². The number of aromatic amines is 1. The molecule has 2 heterocycles. The first-order valence-electron chi connectivity index (χ1n) is 5.77. The van der Waals surface area contributed by atoms with Crippen LogP contribution in [0.5, 0.6) is 0 Å². The van der Waals surface area contributed by atoms with E-state index in [1.54, 1.807) is 4.90 Å². The van der Waals surface area contributed by atoms with Crippen molar-refractivity contribution >= 4 is 11.9 Å². The molecule has 0 saturated carbocycles. The van der Waals surface area contributed by atoms with E-state index in [1.165, 1.54) is 18.3 Å². The van der Waals surface area contributed by atoms with E-state index in [1.807, 2.05) is 0 Å². The van der Waals surface area contributed by atoms with Crippen LogP contribution in [0.25, 0.3) is 0 Å². The summed E-state index contributed by atoms with van der Waals surface area (Å²) in [6, 6.07) is 2.76. The summed E-state index contributed by atoms with van der Waals surface area (Å²) in [5.41, 5.74) is 0.142. The van der Waals surface area contributed by atoms with Crippen molar-refractivity contribution in [2.24, 2.45) is 5.92 Å². The first-order valence-corrected chi connectivity index (χ1v) is 5.77. The van der Waals surface area contributed by atoms with Gasteiger partial charge in [0.2, 0.25) is 5.56 Å². The van der Waals surface area contributed by atoms with E-state index in [9.17, 15) is 19.5 Å². The Kier molecular flexibility index (Phi) is 3.45. The normalized spacial score (nSPS) is 16.6. The van der Waals surface area contributed by atoms with Gasteiger partial charge in [-0.3, -0.25) is 9.59 Å². The van der Waals surface area contributed by atoms with Gasteiger partial charge in [0.15, 0.2) is 0 Å². The third-order valence-electron chi connectivity index (χ3n) is 3.15. The minimum atomic E-state index is -1.05. The van der Waals surface area contributed by atoms with E-state index in [0.29, 0.717) is 31.5 Å². The highest BCUT2D eigenvalue weighted by atomic mass is 16.4. The van der Waals surface area contributed by atoms with Crippen LogP contribution in [0.4, 0.5) is 0 Å². The van der Waals surface area contributed by atoms with Gasteiger partial charge in [-0.2, -0.15) is 0 Å². The molecular weight excluding hydrogens is 236 g/mol. The van der Waals surface area contributed by atoms with Crippen LogP contribution < -0.4 is 10.7 Å². The summed E-state index contributed by atoms with van der Waals surface area (Å²) < 4.78 is 0. The lowest BCUT2D eigenvalue weighted by Crippen LogP contribution is -2.43. The number of carboxylic acids is 1. The van der Waals surface area contributed by atoms with Crippen molar-refractivity contribution in [3.63, 3.8) is 0 Å². The molecular formula is C12H13N2O4-. The fourth-order valence-electron chi connectivity index (χ4n) is 2.04. The highest BCUT2D eigenvalue weighted by Gasteiger charge is 2.24. The first kappa shape index (κ1) is 12.3. The van der Waals surface area contributed by atoms with Gasteiger partial charge in [0, 0.05) is 37.2 Å². The number of carbonyl (C=O) groups is 2. The molecule has 1 aliphatic rings. The molecule has 0 bridgehead atoms. The van der Waals surface area contributed by atoms with Gasteiger partial charge < -0.3 is 19.8 Å². The summed E-state index contributed by atoms with van der Waals surface area (Å²) in [6.07, 6.45) is 2.20. The quantitative estimate of drug-likeness (QED) is 0.725. The number of carbonyl (C=O) groups excluding carboxylic acids is 2. The van der Waals surface area contributed by atoms with E-state index in [-0.39, 0.29) is 11.5 Å². The lowest BCUT2D eigenvalue weighted by atomic mass is 9.97. The number of aromatic nitrogens is 1. The second-order valence-corrected chi connectivity index (χ2v) is 4.33. The molecule has 0 radical (unpaired) electrons. The highest BCUT2D eigenvalue weighted by molar-refractivity contribution is 5.94. The van der Waals surface area contributed by atoms with Gasteiger partial charge in [0.25, 0.3) is 5.91 Å². The molecule has 18 heavy (non-hydrogen) atoms. The van der Waals surface area contributed by atoms with Gasteiger partial charge in [-0.25, -0.2) is 0 Å². The molecule has 0 spiro atoms. The van der Waals surface area contributed by atoms with Gasteiger partial charge in [0.05, 0.1) is 5.56 Å². The van der Waals surface area contributed by atoms with Crippen LogP contribution in [0.15, 0.2) is 23.1 Å². The number of amides is 1. The van der Waals surface area contributed by atoms with Gasteiger partial charge >= 0.3 is 0 Å². The maximum atomic E-state index is 12.0. The van der Waals surface area contributed by atoms with Crippen LogP contribution in [0, 0.1) is 5.92 Å². The minimum absolute atomic E-state index is 0.192. The van der Waals surface area contributed by atoms with Crippen molar-refractivity contribution in [1.29, 1.82) is 0 Å². The second-order valence-electron chi connectivity index (χ2n) is 4.33. The summed E-state index contributed by atoms with van der Waals surface area (Å²) in [7, 11) is 0. The molecule has 1 fully saturated rings. The van der Waals surface area contributed by atoms with Crippen molar-refractivity contribution < 1.29 is 14.7 Å². The third kappa shape index (κ3) is 2.58. The molecule has 1 aromatic heterocycles. The Morgan fingerprint density at radius 3 is 2.44 bits per heavy atom. The van der Waals surface area contributed by atoms with Crippen LogP contribution in [-0.2, 0) is 4.79 Å². The van der Waals surface area contributed by atoms with Crippen LogP contribution >= 0.6 is 0 Å². The number of nitrogens with zero attached hydrogens (tertiary/aromatic N) is 1. The Bertz CT molecular complexity index is 495. The lowest BCUT2D eigenvalue weighted by molar-refractivity contribution is -0.312. The molecule has 0 atom stereocenters. The maximum absolute atomic E-state index is 12.0. The summed E-state index contributed by atoms with van der Waals surface area (Å²) >= 11 is 0. The highest BCUT2D eigenvalue weighted by Crippen LogP contribution is 2.18. The minimum Gasteiger partial charge on any atom is -0.550 e. The number of aliphatic carboxylic acids is 1. The van der Waals surface area contributed by atoms with Crippen LogP contribution in [0.3, 0.4) is 0 Å². The first-order chi connectivity index (χ1) is 8.58. The van der Waals surface area contributed by atoms with Gasteiger partial charge in [-0.1, -0.05) is 0 Å². The van der Waals surface area contributed by atoms with Gasteiger partial charge in [-0.05, 0) is 18.9 Å². The van der Waals surface area contributed by atoms with Gasteiger partial charge in [-0.15, -0.1) is 0 Å². The summed E-state index contributed by atoms with van der Waals surface area (Å²) in [5, 5.41) is 10.7. The molecule has 6 nitrogen and oxygen atoms in total. The monoisotopic (exact) mass is 249 g/mol. The van der Waals surface area contributed by atoms with E-state index in [0.717, 1.165) is 0 Å². The zero-order chi connectivity index (χ0) is 13.1. The lowest BCUT2D eigenvalue weighted by Gasteiger charge is -2.32. The second kappa shape index (κ2) is 5.03. The number of hydrogen-bond donors (Lipinski definition) is 1. The fraction of sp³-hybridized carbons (Fsp3) is 0.417. The zero-order valence-corrected chi connectivity index (χ0v) is 9.72. The molecule has 1 aromatic rings. The summed E-state index contributed by atoms with van der Waals surface area (Å²) in [6.45, 7) is 0.799. The smallest absolute Gasteiger partial charge is 0.255 e. The van der Waals surface area contributed by atoms with Crippen molar-refractivity contribution in [2.45, 2.75) is 12.8 Å². The Balaban J connectivity index is 2.01. The van der Waals surface area contributed by atoms with Crippen molar-refractivity contribution in [2.75, 3.05) is 13.1 Å². The summed E-state index contributed by atoms with van der Waals surface area (Å²) in [5.74, 6) is -1.71. The molecule has 0 unspecified atom stereocenters. The number of piperidine rings is 1. The molecule has 1 amide bonds. The topological polar surface area (TPSA) is 93.3 Å². The average Bonchev–Trinajstić information content (AvgIpc) is 2.39. The molecule has 0 aromatic carbocycles. The van der Waals surface area contributed by atoms with Crippen LogP contribution in [-0.4, -0.2) is 34.8 Å². The third-order valence-corrected chi connectivity index (χ3v) is 3.15. The summed E-state index contributed by atoms with van der Waals surface area (Å²) in [4.78, 5) is 37.6. The Morgan fingerprint density at radius 2 is 1.94 bits per heavy atom. The molecule has 1 N–H and O–H groups in total. The fourth-order valence-corrected chi connectivity index (χ4v) is 2.04. The Labute approximate surface area is 103 Å². The molecule has 6 heteroatoms. The largest absolute Gasteiger partial charge is 0.550 e. The average molecular weight is 249 g/mol. The number of hydrogen-bond acceptors (Lipinski definition) is 4. The molecule has 2 rings (SSSR count). The number of carboxylic acid groups (broad SMARTS) is 1. The predicted molar refractivity (Wildman–Crippen MR) is 60.7 cm³/mol. The molecule has 96 valence electrons. The van der Waals surface area contributed by atoms with Crippen molar-refractivity contribution in [3.8, 4) is 0 Å². The number of rotatable bonds is 2.